The zero-order chi connectivity index (χ0) is 26.2. The van der Waals surface area contributed by atoms with Gasteiger partial charge in [-0.3, -0.25) is 9.59 Å². The minimum Gasteiger partial charge on any atom is -0.483 e. The first kappa shape index (κ1) is 27.6. The van der Waals surface area contributed by atoms with Crippen molar-refractivity contribution >= 4 is 35.0 Å². The van der Waals surface area contributed by atoms with Crippen molar-refractivity contribution in [3.05, 3.63) is 99.0 Å². The van der Waals surface area contributed by atoms with Gasteiger partial charge in [-0.25, -0.2) is 0 Å². The zero-order valence-electron chi connectivity index (χ0n) is 21.1. The van der Waals surface area contributed by atoms with Gasteiger partial charge in [-0.05, 0) is 62.6 Å². The van der Waals surface area contributed by atoms with Gasteiger partial charge in [-0.15, -0.1) is 0 Å². The van der Waals surface area contributed by atoms with Crippen LogP contribution < -0.4 is 10.1 Å². The van der Waals surface area contributed by atoms with E-state index in [-0.39, 0.29) is 31.0 Å². The highest BCUT2D eigenvalue weighted by Gasteiger charge is 2.31. The Balaban J connectivity index is 1.94. The summed E-state index contributed by atoms with van der Waals surface area (Å²) in [5.74, 6) is 0.101. The Bertz CT molecular complexity index is 1200. The molecule has 0 aliphatic carbocycles. The molecule has 190 valence electrons. The number of halogens is 2. The van der Waals surface area contributed by atoms with Gasteiger partial charge in [0.2, 0.25) is 5.91 Å². The number of nitrogens with zero attached hydrogens (tertiary/aromatic N) is 1. The molecule has 0 aliphatic rings. The van der Waals surface area contributed by atoms with Gasteiger partial charge in [0, 0.05) is 19.0 Å². The van der Waals surface area contributed by atoms with Gasteiger partial charge in [0.05, 0.1) is 10.0 Å². The average molecular weight is 527 g/mol. The van der Waals surface area contributed by atoms with Gasteiger partial charge in [-0.2, -0.15) is 0 Å². The molecule has 0 unspecified atom stereocenters. The van der Waals surface area contributed by atoms with Gasteiger partial charge in [0.25, 0.3) is 5.91 Å². The van der Waals surface area contributed by atoms with Crippen molar-refractivity contribution in [3.8, 4) is 5.75 Å². The van der Waals surface area contributed by atoms with E-state index in [9.17, 15) is 9.59 Å². The van der Waals surface area contributed by atoms with Crippen LogP contribution in [-0.2, 0) is 22.6 Å². The molecular weight excluding hydrogens is 495 g/mol. The molecule has 0 radical (unpaired) electrons. The van der Waals surface area contributed by atoms with Crippen molar-refractivity contribution in [2.24, 2.45) is 0 Å². The number of ether oxygens (including phenoxy) is 1. The Morgan fingerprint density at radius 1 is 0.917 bits per heavy atom. The molecule has 2 amide bonds. The smallest absolute Gasteiger partial charge is 0.261 e. The molecule has 1 N–H and O–H groups in total. The van der Waals surface area contributed by atoms with Crippen LogP contribution in [-0.4, -0.2) is 35.4 Å². The first-order valence-corrected chi connectivity index (χ1v) is 12.7. The summed E-state index contributed by atoms with van der Waals surface area (Å²) in [4.78, 5) is 28.6. The van der Waals surface area contributed by atoms with Crippen LogP contribution in [0.1, 0.15) is 36.1 Å². The summed E-state index contributed by atoms with van der Waals surface area (Å²) < 4.78 is 5.91. The maximum atomic E-state index is 13.6. The highest BCUT2D eigenvalue weighted by molar-refractivity contribution is 6.42. The molecule has 0 aromatic heterocycles. The quantitative estimate of drug-likeness (QED) is 0.344. The number of amides is 2. The Kier molecular flexibility index (Phi) is 9.80. The molecule has 3 rings (SSSR count). The Morgan fingerprint density at radius 3 is 2.28 bits per heavy atom. The van der Waals surface area contributed by atoms with Crippen molar-refractivity contribution in [1.82, 2.24) is 10.2 Å². The molecule has 0 heterocycles. The summed E-state index contributed by atoms with van der Waals surface area (Å²) in [6.07, 6.45) is 0.357. The lowest BCUT2D eigenvalue weighted by Crippen LogP contribution is -2.52. The van der Waals surface area contributed by atoms with E-state index in [1.807, 2.05) is 76.2 Å². The number of nitrogens with one attached hydrogen (secondary N) is 1. The number of carbonyl (C=O) groups excluding carboxylic acids is 2. The topological polar surface area (TPSA) is 58.6 Å². The van der Waals surface area contributed by atoms with Crippen molar-refractivity contribution in [2.45, 2.75) is 52.7 Å². The number of aryl methyl sites for hydroxylation is 2. The fourth-order valence-corrected chi connectivity index (χ4v) is 4.27. The standard InChI is InChI=1S/C29H32Cl2N2O3/c1-19(2)32-29(35)26(16-22-8-6-5-7-9-22)33(17-23-11-12-24(30)25(31)15-23)28(34)18-36-27-13-10-20(3)14-21(27)4/h5-15,19,26H,16-18H2,1-4H3,(H,32,35)/t26-/m0/s1. The SMILES string of the molecule is Cc1ccc(OCC(=O)N(Cc2ccc(Cl)c(Cl)c2)[C@@H](Cc2ccccc2)C(=O)NC(C)C)c(C)c1. The lowest BCUT2D eigenvalue weighted by molar-refractivity contribution is -0.143. The molecule has 0 saturated heterocycles. The Morgan fingerprint density at radius 2 is 1.64 bits per heavy atom. The summed E-state index contributed by atoms with van der Waals surface area (Å²) in [5.41, 5.74) is 3.77. The molecule has 3 aromatic rings. The number of hydrogen-bond acceptors (Lipinski definition) is 3. The van der Waals surface area contributed by atoms with Gasteiger partial charge >= 0.3 is 0 Å². The Labute approximate surface area is 223 Å². The van der Waals surface area contributed by atoms with Crippen LogP contribution in [0.5, 0.6) is 5.75 Å². The molecule has 0 saturated carbocycles. The second-order valence-corrected chi connectivity index (χ2v) is 10.0. The van der Waals surface area contributed by atoms with E-state index in [1.54, 1.807) is 23.1 Å². The number of carbonyl (C=O) groups is 2. The fraction of sp³-hybridized carbons (Fsp3) is 0.310. The second-order valence-electron chi connectivity index (χ2n) is 9.20. The first-order valence-electron chi connectivity index (χ1n) is 11.9. The van der Waals surface area contributed by atoms with Gasteiger partial charge in [0.15, 0.2) is 6.61 Å². The summed E-state index contributed by atoms with van der Waals surface area (Å²) >= 11 is 12.4. The predicted octanol–water partition coefficient (Wildman–Crippen LogP) is 6.15. The number of rotatable bonds is 10. The normalized spacial score (nSPS) is 11.8. The lowest BCUT2D eigenvalue weighted by atomic mass is 10.0. The number of hydrogen-bond donors (Lipinski definition) is 1. The van der Waals surface area contributed by atoms with Crippen LogP contribution in [0, 0.1) is 13.8 Å². The third kappa shape index (κ3) is 7.74. The molecule has 5 nitrogen and oxygen atoms in total. The maximum absolute atomic E-state index is 13.6. The molecule has 0 aliphatic heterocycles. The lowest BCUT2D eigenvalue weighted by Gasteiger charge is -2.32. The third-order valence-electron chi connectivity index (χ3n) is 5.72. The summed E-state index contributed by atoms with van der Waals surface area (Å²) in [6, 6.07) is 19.8. The van der Waals surface area contributed by atoms with Gasteiger partial charge in [-0.1, -0.05) is 77.3 Å². The summed E-state index contributed by atoms with van der Waals surface area (Å²) in [7, 11) is 0. The van der Waals surface area contributed by atoms with Crippen LogP contribution in [0.2, 0.25) is 10.0 Å². The zero-order valence-corrected chi connectivity index (χ0v) is 22.6. The van der Waals surface area contributed by atoms with Crippen LogP contribution in [0.25, 0.3) is 0 Å². The van der Waals surface area contributed by atoms with Crippen LogP contribution in [0.15, 0.2) is 66.7 Å². The minimum absolute atomic E-state index is 0.0795. The van der Waals surface area contributed by atoms with Crippen molar-refractivity contribution in [3.63, 3.8) is 0 Å². The third-order valence-corrected chi connectivity index (χ3v) is 6.46. The average Bonchev–Trinajstić information content (AvgIpc) is 2.83. The molecule has 3 aromatic carbocycles. The molecule has 0 bridgehead atoms. The highest BCUT2D eigenvalue weighted by atomic mass is 35.5. The highest BCUT2D eigenvalue weighted by Crippen LogP contribution is 2.25. The second kappa shape index (κ2) is 12.8. The summed E-state index contributed by atoms with van der Waals surface area (Å²) in [6.45, 7) is 7.70. The van der Waals surface area contributed by atoms with E-state index in [2.05, 4.69) is 5.32 Å². The molecule has 0 fully saturated rings. The molecular formula is C29H32Cl2N2O3. The van der Waals surface area contributed by atoms with E-state index in [0.717, 1.165) is 22.3 Å². The molecule has 0 spiro atoms. The van der Waals surface area contributed by atoms with Crippen molar-refractivity contribution in [2.75, 3.05) is 6.61 Å². The fourth-order valence-electron chi connectivity index (χ4n) is 3.95. The molecule has 1 atom stereocenters. The minimum atomic E-state index is -0.750. The molecule has 36 heavy (non-hydrogen) atoms. The van der Waals surface area contributed by atoms with Crippen LogP contribution >= 0.6 is 23.2 Å². The summed E-state index contributed by atoms with van der Waals surface area (Å²) in [5, 5.41) is 3.79. The predicted molar refractivity (Wildman–Crippen MR) is 146 cm³/mol. The Hall–Kier alpha value is -3.02. The van der Waals surface area contributed by atoms with Gasteiger partial charge in [0.1, 0.15) is 11.8 Å². The van der Waals surface area contributed by atoms with E-state index in [1.165, 1.54) is 0 Å². The van der Waals surface area contributed by atoms with E-state index in [0.29, 0.717) is 22.2 Å². The van der Waals surface area contributed by atoms with Crippen molar-refractivity contribution < 1.29 is 14.3 Å². The largest absolute Gasteiger partial charge is 0.483 e. The van der Waals surface area contributed by atoms with Crippen LogP contribution in [0.3, 0.4) is 0 Å². The van der Waals surface area contributed by atoms with Gasteiger partial charge < -0.3 is 15.0 Å². The van der Waals surface area contributed by atoms with E-state index < -0.39 is 6.04 Å². The monoisotopic (exact) mass is 526 g/mol. The number of benzene rings is 3. The van der Waals surface area contributed by atoms with E-state index in [4.69, 9.17) is 27.9 Å². The van der Waals surface area contributed by atoms with Crippen LogP contribution in [0.4, 0.5) is 0 Å². The van der Waals surface area contributed by atoms with Crippen molar-refractivity contribution in [1.29, 1.82) is 0 Å². The first-order chi connectivity index (χ1) is 17.1. The van der Waals surface area contributed by atoms with E-state index >= 15 is 0 Å². The molecule has 7 heteroatoms. The maximum Gasteiger partial charge on any atom is 0.261 e.